The number of methoxy groups -OCH3 is 2. The van der Waals surface area contributed by atoms with Crippen molar-refractivity contribution in [2.24, 2.45) is 0 Å². The van der Waals surface area contributed by atoms with Crippen molar-refractivity contribution in [2.45, 2.75) is 18.3 Å². The fourth-order valence-electron chi connectivity index (χ4n) is 2.26. The monoisotopic (exact) mass is 221 g/mol. The van der Waals surface area contributed by atoms with Crippen molar-refractivity contribution in [3.05, 3.63) is 23.8 Å². The Morgan fingerprint density at radius 3 is 2.50 bits per heavy atom. The van der Waals surface area contributed by atoms with Gasteiger partial charge in [-0.25, -0.2) is 0 Å². The molecule has 1 N–H and O–H groups in total. The Kier molecular flexibility index (Phi) is 3.06. The van der Waals surface area contributed by atoms with Crippen LogP contribution in [0.15, 0.2) is 18.2 Å². The second kappa shape index (κ2) is 4.34. The molecule has 0 atom stereocenters. The van der Waals surface area contributed by atoms with E-state index in [-0.39, 0.29) is 5.41 Å². The van der Waals surface area contributed by atoms with Crippen molar-refractivity contribution >= 4 is 0 Å². The highest BCUT2D eigenvalue weighted by Crippen LogP contribution is 2.51. The molecule has 0 radical (unpaired) electrons. The largest absolute Gasteiger partial charge is 0.497 e. The zero-order valence-electron chi connectivity index (χ0n) is 10.2. The van der Waals surface area contributed by atoms with E-state index in [4.69, 9.17) is 9.47 Å². The van der Waals surface area contributed by atoms with Crippen LogP contribution in [0, 0.1) is 0 Å². The van der Waals surface area contributed by atoms with Crippen molar-refractivity contribution in [1.29, 1.82) is 0 Å². The van der Waals surface area contributed by atoms with Gasteiger partial charge < -0.3 is 14.8 Å². The third-order valence-corrected chi connectivity index (χ3v) is 3.35. The predicted molar refractivity (Wildman–Crippen MR) is 64.4 cm³/mol. The Balaban J connectivity index is 2.37. The Labute approximate surface area is 96.8 Å². The van der Waals surface area contributed by atoms with Gasteiger partial charge in [0.25, 0.3) is 0 Å². The number of hydrogen-bond acceptors (Lipinski definition) is 3. The Hall–Kier alpha value is -1.22. The molecule has 0 bridgehead atoms. The van der Waals surface area contributed by atoms with E-state index in [0.29, 0.717) is 0 Å². The summed E-state index contributed by atoms with van der Waals surface area (Å²) in [6.45, 7) is 0.997. The number of ether oxygens (including phenoxy) is 2. The molecule has 0 aromatic heterocycles. The zero-order valence-corrected chi connectivity index (χ0v) is 10.2. The van der Waals surface area contributed by atoms with Gasteiger partial charge in [0.1, 0.15) is 11.5 Å². The van der Waals surface area contributed by atoms with E-state index in [1.807, 2.05) is 19.2 Å². The van der Waals surface area contributed by atoms with E-state index in [1.54, 1.807) is 14.2 Å². The molecule has 1 aromatic carbocycles. The number of nitrogens with one attached hydrogen (secondary N) is 1. The van der Waals surface area contributed by atoms with Crippen LogP contribution < -0.4 is 14.8 Å². The molecule has 1 saturated carbocycles. The zero-order chi connectivity index (χ0) is 11.6. The van der Waals surface area contributed by atoms with Gasteiger partial charge in [0.15, 0.2) is 0 Å². The number of rotatable bonds is 5. The van der Waals surface area contributed by atoms with E-state index in [0.717, 1.165) is 18.0 Å². The van der Waals surface area contributed by atoms with Crippen molar-refractivity contribution < 1.29 is 9.47 Å². The lowest BCUT2D eigenvalue weighted by Crippen LogP contribution is -2.24. The summed E-state index contributed by atoms with van der Waals surface area (Å²) in [4.78, 5) is 0. The van der Waals surface area contributed by atoms with Gasteiger partial charge in [-0.05, 0) is 38.1 Å². The Morgan fingerprint density at radius 2 is 2.00 bits per heavy atom. The molecular formula is C13H19NO2. The van der Waals surface area contributed by atoms with Crippen LogP contribution >= 0.6 is 0 Å². The molecule has 1 aliphatic rings. The molecule has 0 aliphatic heterocycles. The fraction of sp³-hybridized carbons (Fsp3) is 0.538. The Bertz CT molecular complexity index is 372. The van der Waals surface area contributed by atoms with Crippen LogP contribution in [0.5, 0.6) is 11.5 Å². The van der Waals surface area contributed by atoms with Crippen LogP contribution in [0.4, 0.5) is 0 Å². The molecule has 3 heteroatoms. The maximum atomic E-state index is 5.43. The summed E-state index contributed by atoms with van der Waals surface area (Å²) >= 11 is 0. The van der Waals surface area contributed by atoms with E-state index < -0.39 is 0 Å². The molecule has 0 amide bonds. The lowest BCUT2D eigenvalue weighted by molar-refractivity contribution is 0.392. The second-order valence-corrected chi connectivity index (χ2v) is 4.38. The molecule has 0 saturated heterocycles. The van der Waals surface area contributed by atoms with E-state index in [9.17, 15) is 0 Å². The van der Waals surface area contributed by atoms with E-state index in [1.165, 1.54) is 18.4 Å². The first-order valence-electron chi connectivity index (χ1n) is 5.63. The average molecular weight is 221 g/mol. The predicted octanol–water partition coefficient (Wildman–Crippen LogP) is 1.95. The lowest BCUT2D eigenvalue weighted by Gasteiger charge is -2.19. The molecule has 88 valence electrons. The quantitative estimate of drug-likeness (QED) is 0.824. The van der Waals surface area contributed by atoms with Crippen molar-refractivity contribution in [3.8, 4) is 11.5 Å². The molecule has 1 aromatic rings. The molecule has 0 heterocycles. The SMILES string of the molecule is CNCC1(c2cc(OC)ccc2OC)CC1. The second-order valence-electron chi connectivity index (χ2n) is 4.38. The summed E-state index contributed by atoms with van der Waals surface area (Å²) in [5, 5.41) is 3.26. The fourth-order valence-corrected chi connectivity index (χ4v) is 2.26. The summed E-state index contributed by atoms with van der Waals surface area (Å²) in [6.07, 6.45) is 2.44. The van der Waals surface area contributed by atoms with Crippen LogP contribution in [-0.2, 0) is 5.41 Å². The van der Waals surface area contributed by atoms with Crippen LogP contribution in [0.25, 0.3) is 0 Å². The minimum atomic E-state index is 0.259. The minimum absolute atomic E-state index is 0.259. The molecule has 0 unspecified atom stereocenters. The molecule has 1 aliphatic carbocycles. The molecular weight excluding hydrogens is 202 g/mol. The number of benzene rings is 1. The molecule has 2 rings (SSSR count). The van der Waals surface area contributed by atoms with Gasteiger partial charge in [-0.1, -0.05) is 0 Å². The summed E-state index contributed by atoms with van der Waals surface area (Å²) in [5.74, 6) is 1.87. The first-order chi connectivity index (χ1) is 7.75. The van der Waals surface area contributed by atoms with Gasteiger partial charge in [0, 0.05) is 17.5 Å². The highest BCUT2D eigenvalue weighted by molar-refractivity contribution is 5.48. The average Bonchev–Trinajstić information content (AvgIpc) is 3.09. The maximum Gasteiger partial charge on any atom is 0.122 e. The summed E-state index contributed by atoms with van der Waals surface area (Å²) in [7, 11) is 5.41. The summed E-state index contributed by atoms with van der Waals surface area (Å²) < 4.78 is 10.7. The standard InChI is InChI=1S/C13H19NO2/c1-14-9-13(6-7-13)11-8-10(15-2)4-5-12(11)16-3/h4-5,8,14H,6-7,9H2,1-3H3. The summed E-state index contributed by atoms with van der Waals surface area (Å²) in [5.41, 5.74) is 1.53. The molecule has 3 nitrogen and oxygen atoms in total. The Morgan fingerprint density at radius 1 is 1.25 bits per heavy atom. The normalized spacial score (nSPS) is 16.9. The summed E-state index contributed by atoms with van der Waals surface area (Å²) in [6, 6.07) is 6.03. The maximum absolute atomic E-state index is 5.43. The van der Waals surface area contributed by atoms with Gasteiger partial charge >= 0.3 is 0 Å². The van der Waals surface area contributed by atoms with Crippen LogP contribution in [-0.4, -0.2) is 27.8 Å². The topological polar surface area (TPSA) is 30.5 Å². The highest BCUT2D eigenvalue weighted by Gasteiger charge is 2.45. The van der Waals surface area contributed by atoms with Crippen LogP contribution in [0.2, 0.25) is 0 Å². The molecule has 16 heavy (non-hydrogen) atoms. The van der Waals surface area contributed by atoms with Crippen LogP contribution in [0.1, 0.15) is 18.4 Å². The van der Waals surface area contributed by atoms with E-state index in [2.05, 4.69) is 11.4 Å². The molecule has 0 spiro atoms. The highest BCUT2D eigenvalue weighted by atomic mass is 16.5. The number of hydrogen-bond donors (Lipinski definition) is 1. The first kappa shape index (κ1) is 11.3. The third kappa shape index (κ3) is 1.87. The smallest absolute Gasteiger partial charge is 0.122 e. The van der Waals surface area contributed by atoms with Crippen molar-refractivity contribution in [2.75, 3.05) is 27.8 Å². The van der Waals surface area contributed by atoms with E-state index >= 15 is 0 Å². The first-order valence-corrected chi connectivity index (χ1v) is 5.63. The van der Waals surface area contributed by atoms with Gasteiger partial charge in [-0.3, -0.25) is 0 Å². The van der Waals surface area contributed by atoms with Gasteiger partial charge in [0.05, 0.1) is 14.2 Å². The minimum Gasteiger partial charge on any atom is -0.497 e. The molecule has 1 fully saturated rings. The van der Waals surface area contributed by atoms with Crippen LogP contribution in [0.3, 0.4) is 0 Å². The number of likely N-dealkylation sites (N-methyl/N-ethyl adjacent to an activating group) is 1. The lowest BCUT2D eigenvalue weighted by atomic mass is 9.94. The van der Waals surface area contributed by atoms with Crippen molar-refractivity contribution in [1.82, 2.24) is 5.32 Å². The van der Waals surface area contributed by atoms with Gasteiger partial charge in [-0.15, -0.1) is 0 Å². The van der Waals surface area contributed by atoms with Crippen molar-refractivity contribution in [3.63, 3.8) is 0 Å². The van der Waals surface area contributed by atoms with Gasteiger partial charge in [0.2, 0.25) is 0 Å². The van der Waals surface area contributed by atoms with Gasteiger partial charge in [-0.2, -0.15) is 0 Å². The third-order valence-electron chi connectivity index (χ3n) is 3.35.